The number of carbonyl (C=O) groups is 1. The van der Waals surface area contributed by atoms with Crippen LogP contribution in [-0.2, 0) is 22.4 Å². The van der Waals surface area contributed by atoms with E-state index in [0.717, 1.165) is 37.4 Å². The van der Waals surface area contributed by atoms with Gasteiger partial charge in [-0.25, -0.2) is 0 Å². The molecule has 1 aromatic heterocycles. The highest BCUT2D eigenvalue weighted by atomic mass is 32.1. The molecular formula is C19H26N2O2S. The summed E-state index contributed by atoms with van der Waals surface area (Å²) in [5, 5.41) is 4.36. The van der Waals surface area contributed by atoms with Crippen molar-refractivity contribution in [2.75, 3.05) is 18.4 Å². The van der Waals surface area contributed by atoms with Gasteiger partial charge >= 0.3 is 0 Å². The first-order valence-electron chi connectivity index (χ1n) is 9.66. The maximum Gasteiger partial charge on any atom is 0.228 e. The average molecular weight is 346 g/mol. The Morgan fingerprint density at radius 1 is 1.08 bits per heavy atom. The zero-order valence-corrected chi connectivity index (χ0v) is 15.0. The third-order valence-electron chi connectivity index (χ3n) is 5.90. The van der Waals surface area contributed by atoms with Gasteiger partial charge in [0.1, 0.15) is 17.3 Å². The molecule has 24 heavy (non-hydrogen) atoms. The summed E-state index contributed by atoms with van der Waals surface area (Å²) in [5.74, 6) is 0.486. The first-order valence-corrected chi connectivity index (χ1v) is 10.5. The molecule has 2 aliphatic heterocycles. The maximum atomic E-state index is 12.3. The van der Waals surface area contributed by atoms with Crippen LogP contribution in [0.1, 0.15) is 67.1 Å². The minimum Gasteiger partial charge on any atom is -0.348 e. The van der Waals surface area contributed by atoms with Crippen molar-refractivity contribution in [1.29, 1.82) is 0 Å². The van der Waals surface area contributed by atoms with E-state index in [9.17, 15) is 4.79 Å². The van der Waals surface area contributed by atoms with Gasteiger partial charge in [-0.05, 0) is 56.9 Å². The van der Waals surface area contributed by atoms with Gasteiger partial charge in [-0.1, -0.05) is 6.42 Å². The number of nitrogens with zero attached hydrogens (tertiary/aromatic N) is 1. The number of carbonyl (C=O) groups excluding carboxylic acids is 1. The van der Waals surface area contributed by atoms with Gasteiger partial charge in [0.2, 0.25) is 5.91 Å². The highest BCUT2D eigenvalue weighted by molar-refractivity contribution is 7.16. The molecule has 2 saturated heterocycles. The molecule has 5 heteroatoms. The van der Waals surface area contributed by atoms with Crippen molar-refractivity contribution in [3.8, 4) is 0 Å². The molecule has 2 atom stereocenters. The molecule has 0 radical (unpaired) electrons. The summed E-state index contributed by atoms with van der Waals surface area (Å²) in [6.45, 7) is 2.33. The van der Waals surface area contributed by atoms with Crippen LogP contribution in [0.15, 0.2) is 0 Å². The first kappa shape index (κ1) is 15.4. The molecule has 3 heterocycles. The van der Waals surface area contributed by atoms with Crippen LogP contribution in [0.3, 0.4) is 0 Å². The van der Waals surface area contributed by atoms with E-state index in [1.54, 1.807) is 0 Å². The topological polar surface area (TPSA) is 44.9 Å². The number of thiophene rings is 1. The van der Waals surface area contributed by atoms with E-state index in [4.69, 9.17) is 4.74 Å². The molecule has 130 valence electrons. The average Bonchev–Trinajstić information content (AvgIpc) is 3.52. The molecule has 0 aromatic carbocycles. The van der Waals surface area contributed by atoms with Gasteiger partial charge in [0.25, 0.3) is 0 Å². The summed E-state index contributed by atoms with van der Waals surface area (Å²) >= 11 is 1.82. The van der Waals surface area contributed by atoms with Gasteiger partial charge < -0.3 is 10.1 Å². The number of hydrogen-bond acceptors (Lipinski definition) is 4. The third-order valence-corrected chi connectivity index (χ3v) is 7.12. The number of likely N-dealkylation sites (tertiary alicyclic amines) is 1. The van der Waals surface area contributed by atoms with Gasteiger partial charge in [-0.15, -0.1) is 11.3 Å². The lowest BCUT2D eigenvalue weighted by Crippen LogP contribution is -2.32. The van der Waals surface area contributed by atoms with Crippen molar-refractivity contribution in [1.82, 2.24) is 4.90 Å². The minimum absolute atomic E-state index is 0.190. The molecule has 2 aliphatic carbocycles. The summed E-state index contributed by atoms with van der Waals surface area (Å²) < 4.78 is 6.15. The summed E-state index contributed by atoms with van der Waals surface area (Å²) in [6.07, 6.45) is 11.4. The Hall–Kier alpha value is -0.910. The summed E-state index contributed by atoms with van der Waals surface area (Å²) in [5.41, 5.74) is 2.83. The molecule has 1 N–H and O–H groups in total. The zero-order valence-electron chi connectivity index (χ0n) is 14.2. The molecule has 3 fully saturated rings. The van der Waals surface area contributed by atoms with Crippen LogP contribution in [0.2, 0.25) is 0 Å². The van der Waals surface area contributed by atoms with E-state index in [0.29, 0.717) is 0 Å². The van der Waals surface area contributed by atoms with Crippen molar-refractivity contribution in [3.05, 3.63) is 16.0 Å². The highest BCUT2D eigenvalue weighted by Crippen LogP contribution is 2.51. The molecule has 1 saturated carbocycles. The highest BCUT2D eigenvalue weighted by Gasteiger charge is 2.48. The molecule has 0 bridgehead atoms. The van der Waals surface area contributed by atoms with E-state index in [2.05, 4.69) is 10.2 Å². The molecule has 4 nitrogen and oxygen atoms in total. The molecule has 0 spiro atoms. The van der Waals surface area contributed by atoms with Gasteiger partial charge in [-0.2, -0.15) is 0 Å². The van der Waals surface area contributed by atoms with Gasteiger partial charge in [0.15, 0.2) is 0 Å². The standard InChI is InChI=1S/C19H26N2O2S/c22-17(12-8-9-12)20-18-15(13-6-2-3-7-14(13)24-18)16-19(23-16)21-10-4-1-5-11-21/h12,16,19H,1-11H2,(H,20,22). The summed E-state index contributed by atoms with van der Waals surface area (Å²) in [4.78, 5) is 16.3. The summed E-state index contributed by atoms with van der Waals surface area (Å²) in [6, 6.07) is 0. The van der Waals surface area contributed by atoms with Crippen LogP contribution in [0.25, 0.3) is 0 Å². The lowest BCUT2D eigenvalue weighted by atomic mass is 9.94. The van der Waals surface area contributed by atoms with E-state index in [1.165, 1.54) is 54.5 Å². The predicted molar refractivity (Wildman–Crippen MR) is 95.4 cm³/mol. The number of anilines is 1. The van der Waals surface area contributed by atoms with E-state index < -0.39 is 0 Å². The molecule has 5 rings (SSSR count). The number of ether oxygens (including phenoxy) is 1. The quantitative estimate of drug-likeness (QED) is 0.842. The third kappa shape index (κ3) is 2.80. The predicted octanol–water partition coefficient (Wildman–Crippen LogP) is 3.86. The number of nitrogens with one attached hydrogen (secondary N) is 1. The Balaban J connectivity index is 1.41. The second kappa shape index (κ2) is 6.11. The van der Waals surface area contributed by atoms with E-state index >= 15 is 0 Å². The number of piperidine rings is 1. The van der Waals surface area contributed by atoms with Crippen LogP contribution >= 0.6 is 11.3 Å². The maximum absolute atomic E-state index is 12.3. The van der Waals surface area contributed by atoms with E-state index in [-0.39, 0.29) is 24.2 Å². The second-order valence-corrected chi connectivity index (χ2v) is 8.87. The number of rotatable bonds is 4. The lowest BCUT2D eigenvalue weighted by molar-refractivity contribution is -0.117. The van der Waals surface area contributed by atoms with Crippen LogP contribution in [0.4, 0.5) is 5.00 Å². The number of aryl methyl sites for hydroxylation is 1. The lowest BCUT2D eigenvalue weighted by Gasteiger charge is -2.24. The first-order chi connectivity index (χ1) is 11.8. The Morgan fingerprint density at radius 2 is 1.88 bits per heavy atom. The number of amides is 1. The molecule has 1 amide bonds. The Bertz CT molecular complexity index is 646. The van der Waals surface area contributed by atoms with Gasteiger partial charge in [0.05, 0.1) is 0 Å². The number of fused-ring (bicyclic) bond motifs is 1. The Morgan fingerprint density at radius 3 is 2.67 bits per heavy atom. The number of hydrogen-bond donors (Lipinski definition) is 1. The smallest absolute Gasteiger partial charge is 0.228 e. The van der Waals surface area contributed by atoms with E-state index in [1.807, 2.05) is 11.3 Å². The van der Waals surface area contributed by atoms with Crippen molar-refractivity contribution < 1.29 is 9.53 Å². The minimum atomic E-state index is 0.190. The fraction of sp³-hybridized carbons (Fsp3) is 0.737. The molecule has 1 aromatic rings. The normalized spacial score (nSPS) is 30.0. The van der Waals surface area contributed by atoms with Crippen LogP contribution in [-0.4, -0.2) is 30.1 Å². The van der Waals surface area contributed by atoms with Crippen LogP contribution < -0.4 is 5.32 Å². The molecule has 4 aliphatic rings. The second-order valence-electron chi connectivity index (χ2n) is 7.76. The number of epoxide rings is 1. The van der Waals surface area contributed by atoms with Crippen LogP contribution in [0, 0.1) is 5.92 Å². The summed E-state index contributed by atoms with van der Waals surface area (Å²) in [7, 11) is 0. The van der Waals surface area contributed by atoms with Crippen molar-refractivity contribution in [2.24, 2.45) is 5.92 Å². The SMILES string of the molecule is O=C(Nc1sc2c(c1C1OC1N1CCCCC1)CCCC2)C1CC1. The fourth-order valence-electron chi connectivity index (χ4n) is 4.31. The van der Waals surface area contributed by atoms with Crippen LogP contribution in [0.5, 0.6) is 0 Å². The van der Waals surface area contributed by atoms with Gasteiger partial charge in [0, 0.05) is 29.4 Å². The Kier molecular flexibility index (Phi) is 3.91. The Labute approximate surface area is 147 Å². The van der Waals surface area contributed by atoms with Crippen molar-refractivity contribution in [2.45, 2.75) is 70.1 Å². The van der Waals surface area contributed by atoms with Crippen molar-refractivity contribution in [3.63, 3.8) is 0 Å². The molecular weight excluding hydrogens is 320 g/mol. The zero-order chi connectivity index (χ0) is 16.1. The molecule has 2 unspecified atom stereocenters. The van der Waals surface area contributed by atoms with Crippen molar-refractivity contribution >= 4 is 22.2 Å². The fourth-order valence-corrected chi connectivity index (χ4v) is 5.64. The van der Waals surface area contributed by atoms with Gasteiger partial charge in [-0.3, -0.25) is 9.69 Å². The largest absolute Gasteiger partial charge is 0.348 e. The monoisotopic (exact) mass is 346 g/mol.